The highest BCUT2D eigenvalue weighted by atomic mass is 16.5. The van der Waals surface area contributed by atoms with E-state index in [1.54, 1.807) is 18.2 Å². The van der Waals surface area contributed by atoms with Crippen molar-refractivity contribution in [2.45, 2.75) is 70.6 Å². The van der Waals surface area contributed by atoms with Crippen molar-refractivity contribution < 1.29 is 24.2 Å². The van der Waals surface area contributed by atoms with E-state index in [0.29, 0.717) is 19.0 Å². The summed E-state index contributed by atoms with van der Waals surface area (Å²) in [4.78, 5) is 21.9. The van der Waals surface area contributed by atoms with Gasteiger partial charge in [0.05, 0.1) is 13.2 Å². The van der Waals surface area contributed by atoms with Crippen molar-refractivity contribution in [3.8, 4) is 5.75 Å². The van der Waals surface area contributed by atoms with Crippen LogP contribution in [0.1, 0.15) is 81.0 Å². The molecule has 1 rings (SSSR count). The highest BCUT2D eigenvalue weighted by molar-refractivity contribution is 5.90. The maximum absolute atomic E-state index is 11.0. The molecule has 5 heteroatoms. The Kier molecular flexibility index (Phi) is 13.3. The van der Waals surface area contributed by atoms with E-state index in [1.165, 1.54) is 57.1 Å². The average molecular weight is 390 g/mol. The number of para-hydroxylation sites is 1. The van der Waals surface area contributed by atoms with Crippen molar-refractivity contribution in [1.82, 2.24) is 0 Å². The normalized spacial score (nSPS) is 10.4. The fourth-order valence-corrected chi connectivity index (χ4v) is 2.97. The lowest BCUT2D eigenvalue weighted by molar-refractivity contribution is -0.137. The second-order valence-electron chi connectivity index (χ2n) is 6.89. The van der Waals surface area contributed by atoms with Crippen LogP contribution in [0.15, 0.2) is 36.9 Å². The van der Waals surface area contributed by atoms with Gasteiger partial charge in [0.25, 0.3) is 0 Å². The van der Waals surface area contributed by atoms with E-state index in [-0.39, 0.29) is 11.5 Å². The SMILES string of the molecule is C=CC(=O)OCCCCCCCCCCCCCOc1ccccc1C([O])=O. The minimum atomic E-state index is -1.20. The third-order valence-electron chi connectivity index (χ3n) is 4.56. The van der Waals surface area contributed by atoms with Crippen molar-refractivity contribution >= 4 is 11.9 Å². The molecule has 1 aromatic carbocycles. The summed E-state index contributed by atoms with van der Waals surface area (Å²) in [6.45, 7) is 4.39. The Morgan fingerprint density at radius 3 is 1.82 bits per heavy atom. The predicted octanol–water partition coefficient (Wildman–Crippen LogP) is 5.66. The summed E-state index contributed by atoms with van der Waals surface area (Å²) in [5.41, 5.74) is 0.111. The fraction of sp³-hybridized carbons (Fsp3) is 0.565. The number of rotatable bonds is 17. The Morgan fingerprint density at radius 2 is 1.29 bits per heavy atom. The summed E-state index contributed by atoms with van der Waals surface area (Å²) in [7, 11) is 0. The quantitative estimate of drug-likeness (QED) is 0.196. The summed E-state index contributed by atoms with van der Waals surface area (Å²) in [5, 5.41) is 11.0. The van der Waals surface area contributed by atoms with Crippen molar-refractivity contribution in [3.05, 3.63) is 42.5 Å². The molecular formula is C23H33O5. The molecule has 0 aromatic heterocycles. The lowest BCUT2D eigenvalue weighted by Crippen LogP contribution is -2.03. The van der Waals surface area contributed by atoms with Crippen LogP contribution >= 0.6 is 0 Å². The van der Waals surface area contributed by atoms with Crippen LogP contribution in [0.4, 0.5) is 0 Å². The van der Waals surface area contributed by atoms with Crippen molar-refractivity contribution in [3.63, 3.8) is 0 Å². The van der Waals surface area contributed by atoms with Gasteiger partial charge in [-0.3, -0.25) is 0 Å². The highest BCUT2D eigenvalue weighted by Crippen LogP contribution is 2.18. The fourth-order valence-electron chi connectivity index (χ4n) is 2.97. The monoisotopic (exact) mass is 389 g/mol. The predicted molar refractivity (Wildman–Crippen MR) is 109 cm³/mol. The molecule has 0 N–H and O–H groups in total. The maximum Gasteiger partial charge on any atom is 0.390 e. The van der Waals surface area contributed by atoms with Crippen LogP contribution in [0, 0.1) is 0 Å². The molecule has 28 heavy (non-hydrogen) atoms. The Morgan fingerprint density at radius 1 is 0.786 bits per heavy atom. The smallest absolute Gasteiger partial charge is 0.390 e. The molecule has 1 aromatic rings. The minimum absolute atomic E-state index is 0.111. The van der Waals surface area contributed by atoms with Crippen molar-refractivity contribution in [2.24, 2.45) is 0 Å². The minimum Gasteiger partial charge on any atom is -0.493 e. The Balaban J connectivity index is 1.87. The number of ether oxygens (including phenoxy) is 2. The highest BCUT2D eigenvalue weighted by Gasteiger charge is 2.11. The lowest BCUT2D eigenvalue weighted by atomic mass is 10.1. The summed E-state index contributed by atoms with van der Waals surface area (Å²) in [6, 6.07) is 6.60. The number of carbonyl (C=O) groups excluding carboxylic acids is 2. The third kappa shape index (κ3) is 11.4. The van der Waals surface area contributed by atoms with Gasteiger partial charge in [0.1, 0.15) is 11.3 Å². The molecule has 0 amide bonds. The first-order chi connectivity index (χ1) is 13.6. The number of unbranched alkanes of at least 4 members (excludes halogenated alkanes) is 10. The second-order valence-corrected chi connectivity index (χ2v) is 6.89. The van der Waals surface area contributed by atoms with Gasteiger partial charge in [0, 0.05) is 6.08 Å². The molecule has 155 valence electrons. The molecule has 0 spiro atoms. The van der Waals surface area contributed by atoms with Crippen LogP contribution in [0.5, 0.6) is 5.75 Å². The van der Waals surface area contributed by atoms with Gasteiger partial charge >= 0.3 is 11.9 Å². The van der Waals surface area contributed by atoms with Crippen LogP contribution in [0.2, 0.25) is 0 Å². The molecule has 0 atom stereocenters. The van der Waals surface area contributed by atoms with E-state index in [4.69, 9.17) is 9.47 Å². The van der Waals surface area contributed by atoms with Gasteiger partial charge in [-0.1, -0.05) is 76.5 Å². The first kappa shape index (κ1) is 23.7. The summed E-state index contributed by atoms with van der Waals surface area (Å²) in [5.74, 6) is -1.15. The second kappa shape index (κ2) is 15.7. The zero-order valence-corrected chi connectivity index (χ0v) is 16.8. The van der Waals surface area contributed by atoms with Crippen LogP contribution < -0.4 is 4.74 Å². The van der Waals surface area contributed by atoms with E-state index in [1.807, 2.05) is 0 Å². The van der Waals surface area contributed by atoms with Gasteiger partial charge in [-0.15, -0.1) is 0 Å². The molecule has 0 aliphatic heterocycles. The molecule has 0 bridgehead atoms. The number of esters is 1. The molecule has 0 saturated carbocycles. The molecule has 0 saturated heterocycles. The topological polar surface area (TPSA) is 72.5 Å². The Bertz CT molecular complexity index is 582. The molecule has 1 radical (unpaired) electrons. The largest absolute Gasteiger partial charge is 0.493 e. The van der Waals surface area contributed by atoms with Gasteiger partial charge < -0.3 is 9.47 Å². The number of hydrogen-bond donors (Lipinski definition) is 0. The van der Waals surface area contributed by atoms with E-state index in [9.17, 15) is 14.7 Å². The van der Waals surface area contributed by atoms with Gasteiger partial charge in [-0.05, 0) is 25.0 Å². The maximum atomic E-state index is 11.0. The van der Waals surface area contributed by atoms with Crippen LogP contribution in [-0.4, -0.2) is 25.2 Å². The molecule has 0 aliphatic carbocycles. The number of carbonyl (C=O) groups is 2. The number of benzene rings is 1. The van der Waals surface area contributed by atoms with Crippen LogP contribution in [-0.2, 0) is 14.6 Å². The first-order valence-corrected chi connectivity index (χ1v) is 10.4. The Hall–Kier alpha value is -2.30. The van der Waals surface area contributed by atoms with Gasteiger partial charge in [0.15, 0.2) is 0 Å². The van der Waals surface area contributed by atoms with Crippen LogP contribution in [0.25, 0.3) is 0 Å². The standard InChI is InChI=1S/C23H33O5/c1-2-22(24)28-19-15-11-9-7-5-3-4-6-8-10-14-18-27-21-17-13-12-16-20(21)23(25)26/h2,12-13,16-17H,1,3-11,14-15,18-19H2. The lowest BCUT2D eigenvalue weighted by Gasteiger charge is -2.08. The van der Waals surface area contributed by atoms with E-state index in [0.717, 1.165) is 25.7 Å². The summed E-state index contributed by atoms with van der Waals surface area (Å²) in [6.07, 6.45) is 13.9. The van der Waals surface area contributed by atoms with Crippen molar-refractivity contribution in [2.75, 3.05) is 13.2 Å². The molecule has 0 unspecified atom stereocenters. The van der Waals surface area contributed by atoms with Gasteiger partial charge in [0.2, 0.25) is 0 Å². The Labute approximate surface area is 168 Å². The molecule has 0 fully saturated rings. The van der Waals surface area contributed by atoms with Gasteiger partial charge in [-0.2, -0.15) is 0 Å². The summed E-state index contributed by atoms with van der Waals surface area (Å²) < 4.78 is 10.5. The number of hydrogen-bond acceptors (Lipinski definition) is 4. The zero-order chi connectivity index (χ0) is 20.5. The molecule has 0 aliphatic rings. The van der Waals surface area contributed by atoms with E-state index >= 15 is 0 Å². The molecule has 5 nitrogen and oxygen atoms in total. The molecular weight excluding hydrogens is 356 g/mol. The van der Waals surface area contributed by atoms with Crippen molar-refractivity contribution in [1.29, 1.82) is 0 Å². The molecule has 0 heterocycles. The van der Waals surface area contributed by atoms with E-state index < -0.39 is 5.97 Å². The summed E-state index contributed by atoms with van der Waals surface area (Å²) >= 11 is 0. The zero-order valence-electron chi connectivity index (χ0n) is 16.8. The van der Waals surface area contributed by atoms with Crippen LogP contribution in [0.3, 0.4) is 0 Å². The first-order valence-electron chi connectivity index (χ1n) is 10.4. The van der Waals surface area contributed by atoms with E-state index in [2.05, 4.69) is 6.58 Å². The van der Waals surface area contributed by atoms with Gasteiger partial charge in [-0.25, -0.2) is 14.7 Å². The average Bonchev–Trinajstić information content (AvgIpc) is 2.70. The third-order valence-corrected chi connectivity index (χ3v) is 4.56.